The van der Waals surface area contributed by atoms with Gasteiger partial charge in [0.1, 0.15) is 18.1 Å². The summed E-state index contributed by atoms with van der Waals surface area (Å²) in [5, 5.41) is 22.9. The SMILES string of the molecule is CC(C)C(NC(=O)C(N)CO)C(=O)NC(CCCN=C(N)N)C(=O)O. The van der Waals surface area contributed by atoms with Crippen molar-refractivity contribution in [3.8, 4) is 0 Å². The second-order valence-corrected chi connectivity index (χ2v) is 5.87. The number of amides is 2. The summed E-state index contributed by atoms with van der Waals surface area (Å²) in [7, 11) is 0. The number of aliphatic carboxylic acids is 1. The predicted molar refractivity (Wildman–Crippen MR) is 91.3 cm³/mol. The van der Waals surface area contributed by atoms with Crippen LogP contribution in [0, 0.1) is 5.92 Å². The molecule has 10 N–H and O–H groups in total. The first kappa shape index (κ1) is 22.6. The number of hydrogen-bond acceptors (Lipinski definition) is 6. The van der Waals surface area contributed by atoms with Crippen molar-refractivity contribution < 1.29 is 24.6 Å². The summed E-state index contributed by atoms with van der Waals surface area (Å²) in [5.41, 5.74) is 15.8. The van der Waals surface area contributed by atoms with Crippen LogP contribution in [0.25, 0.3) is 0 Å². The fraction of sp³-hybridized carbons (Fsp3) is 0.714. The van der Waals surface area contributed by atoms with Crippen LogP contribution in [0.1, 0.15) is 26.7 Å². The maximum atomic E-state index is 12.3. The molecule has 0 bridgehead atoms. The number of guanidine groups is 1. The molecule has 0 aliphatic heterocycles. The quantitative estimate of drug-likeness (QED) is 0.115. The van der Waals surface area contributed by atoms with Crippen LogP contribution in [0.15, 0.2) is 4.99 Å². The number of rotatable bonds is 11. The fourth-order valence-electron chi connectivity index (χ4n) is 1.90. The summed E-state index contributed by atoms with van der Waals surface area (Å²) in [6.45, 7) is 3.03. The van der Waals surface area contributed by atoms with E-state index in [0.29, 0.717) is 6.42 Å². The van der Waals surface area contributed by atoms with Gasteiger partial charge in [-0.1, -0.05) is 13.8 Å². The topological polar surface area (TPSA) is 206 Å². The highest BCUT2D eigenvalue weighted by Crippen LogP contribution is 2.05. The van der Waals surface area contributed by atoms with E-state index in [4.69, 9.17) is 22.3 Å². The first-order valence-corrected chi connectivity index (χ1v) is 7.85. The number of nitrogens with one attached hydrogen (secondary N) is 2. The van der Waals surface area contributed by atoms with E-state index >= 15 is 0 Å². The standard InChI is InChI=1S/C14H28N6O5/c1-7(2)10(20-11(22)8(15)6-21)12(23)19-9(13(24)25)4-3-5-18-14(16)17/h7-10,21H,3-6,15H2,1-2H3,(H,19,23)(H,20,22)(H,24,25)(H4,16,17,18). The van der Waals surface area contributed by atoms with Crippen molar-refractivity contribution >= 4 is 23.7 Å². The number of carboxylic acids is 1. The zero-order chi connectivity index (χ0) is 19.6. The van der Waals surface area contributed by atoms with Crippen molar-refractivity contribution in [3.05, 3.63) is 0 Å². The summed E-state index contributed by atoms with van der Waals surface area (Å²) >= 11 is 0. The van der Waals surface area contributed by atoms with Crippen LogP contribution in [0.3, 0.4) is 0 Å². The van der Waals surface area contributed by atoms with Gasteiger partial charge in [-0.05, 0) is 18.8 Å². The average Bonchev–Trinajstić information content (AvgIpc) is 2.53. The van der Waals surface area contributed by atoms with E-state index in [1.807, 2.05) is 0 Å². The molecule has 11 nitrogen and oxygen atoms in total. The van der Waals surface area contributed by atoms with E-state index in [1.165, 1.54) is 0 Å². The van der Waals surface area contributed by atoms with Gasteiger partial charge in [0.25, 0.3) is 0 Å². The Morgan fingerprint density at radius 2 is 1.72 bits per heavy atom. The number of aliphatic hydroxyl groups excluding tert-OH is 1. The largest absolute Gasteiger partial charge is 0.480 e. The van der Waals surface area contributed by atoms with E-state index in [-0.39, 0.29) is 24.8 Å². The number of hydrogen-bond donors (Lipinski definition) is 7. The van der Waals surface area contributed by atoms with Crippen LogP contribution in [-0.4, -0.2) is 65.2 Å². The van der Waals surface area contributed by atoms with Gasteiger partial charge in [-0.2, -0.15) is 0 Å². The van der Waals surface area contributed by atoms with Crippen molar-refractivity contribution in [3.63, 3.8) is 0 Å². The molecule has 0 aliphatic carbocycles. The number of nitrogens with two attached hydrogens (primary N) is 3. The second kappa shape index (κ2) is 11.2. The lowest BCUT2D eigenvalue weighted by Gasteiger charge is -2.25. The molecule has 0 aliphatic rings. The molecule has 11 heteroatoms. The van der Waals surface area contributed by atoms with Gasteiger partial charge in [-0.15, -0.1) is 0 Å². The molecule has 0 saturated heterocycles. The Balaban J connectivity index is 4.83. The van der Waals surface area contributed by atoms with Crippen LogP contribution >= 0.6 is 0 Å². The Bertz CT molecular complexity index is 492. The molecule has 0 aromatic carbocycles. The number of carbonyl (C=O) groups is 3. The number of aliphatic hydroxyl groups is 1. The summed E-state index contributed by atoms with van der Waals surface area (Å²) < 4.78 is 0. The van der Waals surface area contributed by atoms with E-state index in [2.05, 4.69) is 15.6 Å². The molecular formula is C14H28N6O5. The molecule has 2 amide bonds. The van der Waals surface area contributed by atoms with Crippen molar-refractivity contribution in [2.24, 2.45) is 28.1 Å². The van der Waals surface area contributed by atoms with E-state index in [9.17, 15) is 19.5 Å². The minimum atomic E-state index is -1.21. The van der Waals surface area contributed by atoms with E-state index in [1.54, 1.807) is 13.8 Å². The van der Waals surface area contributed by atoms with Crippen molar-refractivity contribution in [1.82, 2.24) is 10.6 Å². The monoisotopic (exact) mass is 360 g/mol. The summed E-state index contributed by atoms with van der Waals surface area (Å²) in [4.78, 5) is 39.1. The van der Waals surface area contributed by atoms with Gasteiger partial charge < -0.3 is 38.0 Å². The van der Waals surface area contributed by atoms with Crippen LogP contribution in [-0.2, 0) is 14.4 Å². The first-order valence-electron chi connectivity index (χ1n) is 7.85. The number of nitrogens with zero attached hydrogens (tertiary/aromatic N) is 1. The van der Waals surface area contributed by atoms with Crippen molar-refractivity contribution in [2.45, 2.75) is 44.8 Å². The Morgan fingerprint density at radius 1 is 1.12 bits per heavy atom. The smallest absolute Gasteiger partial charge is 0.326 e. The van der Waals surface area contributed by atoms with Crippen LogP contribution in [0.5, 0.6) is 0 Å². The molecule has 3 atom stereocenters. The zero-order valence-corrected chi connectivity index (χ0v) is 14.4. The third kappa shape index (κ3) is 8.86. The van der Waals surface area contributed by atoms with Crippen LogP contribution < -0.4 is 27.8 Å². The maximum absolute atomic E-state index is 12.3. The van der Waals surface area contributed by atoms with Gasteiger partial charge in [0.05, 0.1) is 6.61 Å². The maximum Gasteiger partial charge on any atom is 0.326 e. The molecule has 0 spiro atoms. The van der Waals surface area contributed by atoms with Gasteiger partial charge >= 0.3 is 5.97 Å². The lowest BCUT2D eigenvalue weighted by atomic mass is 10.0. The lowest BCUT2D eigenvalue weighted by Crippen LogP contribution is -2.56. The van der Waals surface area contributed by atoms with Gasteiger partial charge in [-0.25, -0.2) is 4.79 Å². The molecule has 0 radical (unpaired) electrons. The lowest BCUT2D eigenvalue weighted by molar-refractivity contribution is -0.142. The molecule has 0 aromatic heterocycles. The van der Waals surface area contributed by atoms with Gasteiger partial charge in [0.15, 0.2) is 5.96 Å². The highest BCUT2D eigenvalue weighted by atomic mass is 16.4. The van der Waals surface area contributed by atoms with E-state index in [0.717, 1.165) is 0 Å². The molecule has 0 aromatic rings. The highest BCUT2D eigenvalue weighted by molar-refractivity contribution is 5.91. The van der Waals surface area contributed by atoms with Crippen molar-refractivity contribution in [2.75, 3.05) is 13.2 Å². The summed E-state index contributed by atoms with van der Waals surface area (Å²) in [6, 6.07) is -3.29. The minimum absolute atomic E-state index is 0.0984. The highest BCUT2D eigenvalue weighted by Gasteiger charge is 2.29. The molecule has 0 fully saturated rings. The van der Waals surface area contributed by atoms with Crippen LogP contribution in [0.2, 0.25) is 0 Å². The summed E-state index contributed by atoms with van der Waals surface area (Å²) in [5.74, 6) is -2.97. The Morgan fingerprint density at radius 3 is 2.16 bits per heavy atom. The van der Waals surface area contributed by atoms with Gasteiger partial charge in [-0.3, -0.25) is 14.6 Å². The first-order chi connectivity index (χ1) is 11.6. The normalized spacial score (nSPS) is 14.3. The van der Waals surface area contributed by atoms with Gasteiger partial charge in [0, 0.05) is 6.54 Å². The molecule has 0 heterocycles. The second-order valence-electron chi connectivity index (χ2n) is 5.87. The average molecular weight is 360 g/mol. The minimum Gasteiger partial charge on any atom is -0.480 e. The van der Waals surface area contributed by atoms with Crippen molar-refractivity contribution in [1.29, 1.82) is 0 Å². The van der Waals surface area contributed by atoms with Gasteiger partial charge in [0.2, 0.25) is 11.8 Å². The summed E-state index contributed by atoms with van der Waals surface area (Å²) in [6.07, 6.45) is 0.468. The third-order valence-corrected chi connectivity index (χ3v) is 3.34. The zero-order valence-electron chi connectivity index (χ0n) is 14.4. The number of carbonyl (C=O) groups excluding carboxylic acids is 2. The number of aliphatic imine (C=N–C) groups is 1. The fourth-order valence-corrected chi connectivity index (χ4v) is 1.90. The molecule has 0 rings (SSSR count). The van der Waals surface area contributed by atoms with E-state index < -0.39 is 42.5 Å². The predicted octanol–water partition coefficient (Wildman–Crippen LogP) is -2.93. The molecule has 0 saturated carbocycles. The van der Waals surface area contributed by atoms with Crippen LogP contribution in [0.4, 0.5) is 0 Å². The Hall–Kier alpha value is -2.40. The molecule has 3 unspecified atom stereocenters. The molecule has 25 heavy (non-hydrogen) atoms. The number of carboxylic acid groups (broad SMARTS) is 1. The third-order valence-electron chi connectivity index (χ3n) is 3.34. The molecule has 144 valence electrons. The Labute approximate surface area is 146 Å². The Kier molecular flexibility index (Phi) is 10.1. The molecular weight excluding hydrogens is 332 g/mol.